The van der Waals surface area contributed by atoms with E-state index >= 15 is 0 Å². The van der Waals surface area contributed by atoms with Crippen molar-refractivity contribution in [3.63, 3.8) is 0 Å². The molecule has 0 aromatic carbocycles. The van der Waals surface area contributed by atoms with Gasteiger partial charge in [-0.25, -0.2) is 0 Å². The minimum absolute atomic E-state index is 0.362. The summed E-state index contributed by atoms with van der Waals surface area (Å²) >= 11 is 1.84. The quantitative estimate of drug-likeness (QED) is 0.790. The van der Waals surface area contributed by atoms with Crippen LogP contribution >= 0.6 is 11.3 Å². The normalized spacial score (nSPS) is 19.8. The third-order valence-corrected chi connectivity index (χ3v) is 6.00. The average Bonchev–Trinajstić information content (AvgIpc) is 3.21. The van der Waals surface area contributed by atoms with E-state index in [0.717, 1.165) is 13.1 Å². The lowest BCUT2D eigenvalue weighted by molar-refractivity contribution is 0.391. The maximum Gasteiger partial charge on any atom is 0.0752 e. The van der Waals surface area contributed by atoms with Crippen LogP contribution in [0.25, 0.3) is 10.1 Å². The first-order chi connectivity index (χ1) is 11.7. The molecule has 1 aliphatic rings. The van der Waals surface area contributed by atoms with Crippen molar-refractivity contribution in [1.29, 1.82) is 0 Å². The van der Waals surface area contributed by atoms with Gasteiger partial charge in [0.1, 0.15) is 0 Å². The maximum absolute atomic E-state index is 4.30. The minimum Gasteiger partial charge on any atom is -0.367 e. The van der Waals surface area contributed by atoms with Crippen LogP contribution in [0.1, 0.15) is 30.7 Å². The van der Waals surface area contributed by atoms with Gasteiger partial charge in [0, 0.05) is 55.7 Å². The zero-order chi connectivity index (χ0) is 16.5. The van der Waals surface area contributed by atoms with Gasteiger partial charge >= 0.3 is 0 Å². The number of fused-ring (bicyclic) bond motifs is 1. The van der Waals surface area contributed by atoms with Crippen molar-refractivity contribution in [2.45, 2.75) is 31.8 Å². The highest BCUT2D eigenvalue weighted by molar-refractivity contribution is 7.19. The first-order valence-corrected chi connectivity index (χ1v) is 9.34. The van der Waals surface area contributed by atoms with Gasteiger partial charge in [-0.3, -0.25) is 9.67 Å². The largest absolute Gasteiger partial charge is 0.367 e. The molecule has 4 rings (SSSR count). The first kappa shape index (κ1) is 15.6. The number of hydrogen-bond donors (Lipinski definition) is 1. The summed E-state index contributed by atoms with van der Waals surface area (Å²) in [5, 5.41) is 9.41. The molecule has 24 heavy (non-hydrogen) atoms. The highest BCUT2D eigenvalue weighted by Gasteiger charge is 2.23. The number of pyridine rings is 1. The van der Waals surface area contributed by atoms with Gasteiger partial charge in [0.15, 0.2) is 0 Å². The Hall–Kier alpha value is -1.92. The molecule has 3 aromatic heterocycles. The number of aromatic nitrogens is 3. The van der Waals surface area contributed by atoms with Crippen LogP contribution in [0.3, 0.4) is 0 Å². The lowest BCUT2D eigenvalue weighted by Crippen LogP contribution is -2.46. The summed E-state index contributed by atoms with van der Waals surface area (Å²) in [6.45, 7) is 4.43. The van der Waals surface area contributed by atoms with Crippen molar-refractivity contribution in [2.24, 2.45) is 7.05 Å². The van der Waals surface area contributed by atoms with Gasteiger partial charge in [0.25, 0.3) is 0 Å². The number of nitrogens with zero attached hydrogens (tertiary/aromatic N) is 4. The standard InChI is InChI=1S/C18H23N5S/c1-13(17-8-14-5-6-19-10-18(14)24-17)21-15-4-3-7-23(11-15)16-9-20-22(2)12-16/h5-6,8-10,12-13,15,21H,3-4,7,11H2,1-2H3. The predicted molar refractivity (Wildman–Crippen MR) is 99.6 cm³/mol. The second-order valence-electron chi connectivity index (χ2n) is 6.61. The van der Waals surface area contributed by atoms with Crippen LogP contribution in [0.15, 0.2) is 36.9 Å². The molecule has 0 spiro atoms. The van der Waals surface area contributed by atoms with E-state index in [4.69, 9.17) is 0 Å². The molecule has 0 radical (unpaired) electrons. The third kappa shape index (κ3) is 3.16. The number of rotatable bonds is 4. The highest BCUT2D eigenvalue weighted by Crippen LogP contribution is 2.30. The highest BCUT2D eigenvalue weighted by atomic mass is 32.1. The summed E-state index contributed by atoms with van der Waals surface area (Å²) in [6.07, 6.45) is 10.3. The summed E-state index contributed by atoms with van der Waals surface area (Å²) in [5.74, 6) is 0. The molecule has 2 atom stereocenters. The molecule has 126 valence electrons. The Morgan fingerprint density at radius 3 is 3.08 bits per heavy atom. The smallest absolute Gasteiger partial charge is 0.0752 e. The molecular weight excluding hydrogens is 318 g/mol. The van der Waals surface area contributed by atoms with Crippen molar-refractivity contribution < 1.29 is 0 Å². The summed E-state index contributed by atoms with van der Waals surface area (Å²) in [5.41, 5.74) is 1.23. The van der Waals surface area contributed by atoms with E-state index in [1.807, 2.05) is 41.7 Å². The monoisotopic (exact) mass is 341 g/mol. The number of thiophene rings is 1. The topological polar surface area (TPSA) is 46.0 Å². The lowest BCUT2D eigenvalue weighted by Gasteiger charge is -2.35. The van der Waals surface area contributed by atoms with Crippen molar-refractivity contribution in [3.8, 4) is 0 Å². The Bertz CT molecular complexity index is 791. The first-order valence-electron chi connectivity index (χ1n) is 8.52. The summed E-state index contributed by atoms with van der Waals surface area (Å²) in [7, 11) is 1.97. The Labute approximate surface area is 146 Å². The van der Waals surface area contributed by atoms with E-state index in [2.05, 4.69) is 45.6 Å². The molecule has 1 aliphatic heterocycles. The van der Waals surface area contributed by atoms with Gasteiger partial charge in [-0.15, -0.1) is 11.3 Å². The summed E-state index contributed by atoms with van der Waals surface area (Å²) in [6, 6.07) is 5.26. The van der Waals surface area contributed by atoms with Crippen LogP contribution in [0.5, 0.6) is 0 Å². The van der Waals surface area contributed by atoms with Crippen molar-refractivity contribution in [3.05, 3.63) is 41.8 Å². The molecule has 6 heteroatoms. The fourth-order valence-electron chi connectivity index (χ4n) is 3.47. The van der Waals surface area contributed by atoms with Crippen molar-refractivity contribution in [1.82, 2.24) is 20.1 Å². The van der Waals surface area contributed by atoms with E-state index < -0.39 is 0 Å². The molecular formula is C18H23N5S. The van der Waals surface area contributed by atoms with E-state index in [0.29, 0.717) is 12.1 Å². The molecule has 0 saturated carbocycles. The fourth-order valence-corrected chi connectivity index (χ4v) is 4.52. The van der Waals surface area contributed by atoms with Crippen LogP contribution in [0.4, 0.5) is 5.69 Å². The van der Waals surface area contributed by atoms with Gasteiger partial charge in [0.05, 0.1) is 16.6 Å². The molecule has 0 aliphatic carbocycles. The Morgan fingerprint density at radius 2 is 2.29 bits per heavy atom. The number of hydrogen-bond acceptors (Lipinski definition) is 5. The fraction of sp³-hybridized carbons (Fsp3) is 0.444. The zero-order valence-electron chi connectivity index (χ0n) is 14.1. The van der Waals surface area contributed by atoms with E-state index in [1.54, 1.807) is 0 Å². The van der Waals surface area contributed by atoms with Crippen molar-refractivity contribution in [2.75, 3.05) is 18.0 Å². The molecule has 1 N–H and O–H groups in total. The third-order valence-electron chi connectivity index (χ3n) is 4.73. The molecule has 5 nitrogen and oxygen atoms in total. The van der Waals surface area contributed by atoms with Crippen molar-refractivity contribution >= 4 is 27.1 Å². The molecule has 4 heterocycles. The Kier molecular flexibility index (Phi) is 4.24. The van der Waals surface area contributed by atoms with Gasteiger partial charge < -0.3 is 10.2 Å². The number of nitrogens with one attached hydrogen (secondary N) is 1. The molecule has 0 amide bonds. The number of aryl methyl sites for hydroxylation is 1. The van der Waals surface area contributed by atoms with E-state index in [9.17, 15) is 0 Å². The van der Waals surface area contributed by atoms with Gasteiger partial charge in [0.2, 0.25) is 0 Å². The lowest BCUT2D eigenvalue weighted by atomic mass is 10.0. The number of anilines is 1. The predicted octanol–water partition coefficient (Wildman–Crippen LogP) is 3.35. The molecule has 3 aromatic rings. The zero-order valence-corrected chi connectivity index (χ0v) is 15.0. The van der Waals surface area contributed by atoms with E-state index in [1.165, 1.54) is 33.5 Å². The van der Waals surface area contributed by atoms with E-state index in [-0.39, 0.29) is 0 Å². The minimum atomic E-state index is 0.362. The SMILES string of the molecule is CC(NC1CCCN(c2cnn(C)c2)C1)c1cc2ccncc2s1. The van der Waals surface area contributed by atoms with Gasteiger partial charge in [-0.05, 0) is 37.3 Å². The van der Waals surface area contributed by atoms with Crippen LogP contribution in [-0.2, 0) is 7.05 Å². The average molecular weight is 341 g/mol. The maximum atomic E-state index is 4.30. The van der Waals surface area contributed by atoms with Crippen LogP contribution in [-0.4, -0.2) is 33.9 Å². The van der Waals surface area contributed by atoms with Crippen LogP contribution in [0.2, 0.25) is 0 Å². The summed E-state index contributed by atoms with van der Waals surface area (Å²) in [4.78, 5) is 8.05. The second kappa shape index (κ2) is 6.53. The Balaban J connectivity index is 1.44. The van der Waals surface area contributed by atoms with Gasteiger partial charge in [-0.1, -0.05) is 0 Å². The van der Waals surface area contributed by atoms with Crippen LogP contribution in [0, 0.1) is 0 Å². The summed E-state index contributed by atoms with van der Waals surface area (Å²) < 4.78 is 3.14. The molecule has 1 fully saturated rings. The van der Waals surface area contributed by atoms with Gasteiger partial charge in [-0.2, -0.15) is 5.10 Å². The second-order valence-corrected chi connectivity index (χ2v) is 7.72. The molecule has 1 saturated heterocycles. The Morgan fingerprint density at radius 1 is 1.38 bits per heavy atom. The van der Waals surface area contributed by atoms with Crippen LogP contribution < -0.4 is 10.2 Å². The number of piperidine rings is 1. The molecule has 0 bridgehead atoms. The molecule has 2 unspecified atom stereocenters.